The van der Waals surface area contributed by atoms with Crippen molar-refractivity contribution in [2.75, 3.05) is 12.3 Å². The van der Waals surface area contributed by atoms with Crippen LogP contribution in [-0.2, 0) is 10.1 Å². The molecule has 0 unspecified atom stereocenters. The molecule has 2 N–H and O–H groups in total. The summed E-state index contributed by atoms with van der Waals surface area (Å²) in [6.45, 7) is 8.24. The van der Waals surface area contributed by atoms with Crippen LogP contribution in [0.25, 0.3) is 0 Å². The predicted octanol–water partition coefficient (Wildman–Crippen LogP) is 1.21. The summed E-state index contributed by atoms with van der Waals surface area (Å²) < 4.78 is 29.3. The normalized spacial score (nSPS) is 12.8. The summed E-state index contributed by atoms with van der Waals surface area (Å²) in [6.07, 6.45) is 3.05. The van der Waals surface area contributed by atoms with Crippen molar-refractivity contribution in [2.24, 2.45) is 0 Å². The van der Waals surface area contributed by atoms with Gasteiger partial charge in [-0.15, -0.1) is 6.58 Å². The first-order valence-corrected chi connectivity index (χ1v) is 6.19. The Hall–Kier alpha value is -0.390. The van der Waals surface area contributed by atoms with Crippen molar-refractivity contribution >= 4 is 10.1 Å². The average Bonchev–Trinajstić information content (AvgIpc) is 1.96. The molecule has 0 aliphatic heterocycles. The fourth-order valence-corrected chi connectivity index (χ4v) is 1.62. The second-order valence-electron chi connectivity index (χ2n) is 3.94. The van der Waals surface area contributed by atoms with E-state index in [0.29, 0.717) is 13.0 Å². The van der Waals surface area contributed by atoms with Gasteiger partial charge in [-0.2, -0.15) is 8.42 Å². The van der Waals surface area contributed by atoms with E-state index in [1.807, 2.05) is 19.9 Å². The van der Waals surface area contributed by atoms with E-state index in [0.717, 1.165) is 6.42 Å². The van der Waals surface area contributed by atoms with Crippen molar-refractivity contribution in [1.29, 1.82) is 0 Å². The molecular weight excluding hydrogens is 202 g/mol. The minimum Gasteiger partial charge on any atom is -0.311 e. The molecule has 0 rings (SSSR count). The highest BCUT2D eigenvalue weighted by molar-refractivity contribution is 7.85. The van der Waals surface area contributed by atoms with Gasteiger partial charge in [-0.25, -0.2) is 0 Å². The highest BCUT2D eigenvalue weighted by Gasteiger charge is 2.14. The molecule has 0 heterocycles. The van der Waals surface area contributed by atoms with E-state index in [1.54, 1.807) is 0 Å². The number of rotatable bonds is 7. The smallest absolute Gasteiger partial charge is 0.264 e. The van der Waals surface area contributed by atoms with E-state index in [2.05, 4.69) is 11.9 Å². The first-order chi connectivity index (χ1) is 6.27. The zero-order chi connectivity index (χ0) is 11.2. The quantitative estimate of drug-likeness (QED) is 0.385. The highest BCUT2D eigenvalue weighted by atomic mass is 32.2. The predicted molar refractivity (Wildman–Crippen MR) is 57.9 cm³/mol. The lowest BCUT2D eigenvalue weighted by Crippen LogP contribution is -2.39. The van der Waals surface area contributed by atoms with E-state index in [1.165, 1.54) is 0 Å². The molecule has 0 saturated carbocycles. The monoisotopic (exact) mass is 221 g/mol. The number of nitrogens with one attached hydrogen (secondary N) is 1. The maximum Gasteiger partial charge on any atom is 0.264 e. The van der Waals surface area contributed by atoms with Crippen LogP contribution in [0.4, 0.5) is 0 Å². The summed E-state index contributed by atoms with van der Waals surface area (Å²) in [5, 5.41) is 3.19. The van der Waals surface area contributed by atoms with Gasteiger partial charge in [0.25, 0.3) is 10.1 Å². The summed E-state index contributed by atoms with van der Waals surface area (Å²) >= 11 is 0. The first-order valence-electron chi connectivity index (χ1n) is 4.58. The summed E-state index contributed by atoms with van der Waals surface area (Å²) in [7, 11) is -3.81. The van der Waals surface area contributed by atoms with E-state index in [-0.39, 0.29) is 11.3 Å². The Morgan fingerprint density at radius 3 is 2.50 bits per heavy atom. The summed E-state index contributed by atoms with van der Waals surface area (Å²) in [5.74, 6) is -0.190. The van der Waals surface area contributed by atoms with Crippen molar-refractivity contribution < 1.29 is 13.0 Å². The van der Waals surface area contributed by atoms with Crippen molar-refractivity contribution in [1.82, 2.24) is 5.32 Å². The maximum absolute atomic E-state index is 10.4. The van der Waals surface area contributed by atoms with Gasteiger partial charge >= 0.3 is 0 Å². The fourth-order valence-electron chi connectivity index (χ4n) is 1.11. The molecule has 0 aliphatic rings. The molecule has 0 radical (unpaired) electrons. The largest absolute Gasteiger partial charge is 0.311 e. The Morgan fingerprint density at radius 2 is 2.07 bits per heavy atom. The summed E-state index contributed by atoms with van der Waals surface area (Å²) in [5.41, 5.74) is -0.0685. The Bertz CT molecular complexity index is 270. The molecule has 0 bridgehead atoms. The number of hydrogen-bond acceptors (Lipinski definition) is 3. The van der Waals surface area contributed by atoms with Crippen LogP contribution in [0.3, 0.4) is 0 Å². The molecule has 0 aromatic rings. The second kappa shape index (κ2) is 5.48. The molecule has 0 aliphatic carbocycles. The maximum atomic E-state index is 10.4. The molecule has 0 amide bonds. The van der Waals surface area contributed by atoms with Gasteiger partial charge in [0.15, 0.2) is 0 Å². The van der Waals surface area contributed by atoms with Gasteiger partial charge < -0.3 is 5.32 Å². The van der Waals surface area contributed by atoms with Gasteiger partial charge in [0, 0.05) is 5.54 Å². The van der Waals surface area contributed by atoms with E-state index in [4.69, 9.17) is 4.55 Å². The Labute approximate surface area is 86.1 Å². The van der Waals surface area contributed by atoms with Crippen molar-refractivity contribution in [3.8, 4) is 0 Å². The van der Waals surface area contributed by atoms with Crippen molar-refractivity contribution in [3.63, 3.8) is 0 Å². The molecule has 4 nitrogen and oxygen atoms in total. The molecule has 0 spiro atoms. The van der Waals surface area contributed by atoms with Crippen LogP contribution >= 0.6 is 0 Å². The van der Waals surface area contributed by atoms with Gasteiger partial charge in [0.2, 0.25) is 0 Å². The molecule has 14 heavy (non-hydrogen) atoms. The Balaban J connectivity index is 3.69. The van der Waals surface area contributed by atoms with Crippen molar-refractivity contribution in [3.05, 3.63) is 12.7 Å². The topological polar surface area (TPSA) is 66.4 Å². The van der Waals surface area contributed by atoms with Crippen LogP contribution in [0.1, 0.15) is 26.7 Å². The fraction of sp³-hybridized carbons (Fsp3) is 0.778. The average molecular weight is 221 g/mol. The third kappa shape index (κ3) is 8.22. The molecule has 0 atom stereocenters. The van der Waals surface area contributed by atoms with Crippen LogP contribution < -0.4 is 5.32 Å². The second-order valence-corrected chi connectivity index (χ2v) is 5.52. The zero-order valence-electron chi connectivity index (χ0n) is 8.78. The molecular formula is C9H19NO3S. The minimum absolute atomic E-state index is 0.0685. The van der Waals surface area contributed by atoms with Gasteiger partial charge in [0.05, 0.1) is 5.75 Å². The molecule has 0 aromatic carbocycles. The van der Waals surface area contributed by atoms with Gasteiger partial charge in [-0.05, 0) is 33.2 Å². The lowest BCUT2D eigenvalue weighted by molar-refractivity contribution is 0.392. The molecule has 5 heteroatoms. The lowest BCUT2D eigenvalue weighted by atomic mass is 10.0. The van der Waals surface area contributed by atoms with Gasteiger partial charge in [0.1, 0.15) is 0 Å². The van der Waals surface area contributed by atoms with Gasteiger partial charge in [-0.3, -0.25) is 4.55 Å². The minimum atomic E-state index is -3.81. The van der Waals surface area contributed by atoms with Crippen LogP contribution in [0, 0.1) is 0 Å². The van der Waals surface area contributed by atoms with Crippen LogP contribution in [-0.4, -0.2) is 30.8 Å². The number of hydrogen-bond donors (Lipinski definition) is 2. The molecule has 84 valence electrons. The molecule has 0 aromatic heterocycles. The lowest BCUT2D eigenvalue weighted by Gasteiger charge is -2.24. The summed E-state index contributed by atoms with van der Waals surface area (Å²) in [4.78, 5) is 0. The SMILES string of the molecule is C=CCC(C)(C)NCCCS(=O)(=O)O. The van der Waals surface area contributed by atoms with Crippen molar-refractivity contribution in [2.45, 2.75) is 32.2 Å². The third-order valence-electron chi connectivity index (χ3n) is 1.84. The van der Waals surface area contributed by atoms with Gasteiger partial charge in [-0.1, -0.05) is 6.08 Å². The Morgan fingerprint density at radius 1 is 1.50 bits per heavy atom. The standard InChI is InChI=1S/C9H19NO3S/c1-4-6-9(2,3)10-7-5-8-14(11,12)13/h4,10H,1,5-8H2,2-3H3,(H,11,12,13). The third-order valence-corrected chi connectivity index (χ3v) is 2.64. The van der Waals surface area contributed by atoms with E-state index >= 15 is 0 Å². The summed E-state index contributed by atoms with van der Waals surface area (Å²) in [6, 6.07) is 0. The first kappa shape index (κ1) is 13.6. The van der Waals surface area contributed by atoms with Crippen LogP contribution in [0.5, 0.6) is 0 Å². The van der Waals surface area contributed by atoms with E-state index < -0.39 is 10.1 Å². The van der Waals surface area contributed by atoms with E-state index in [9.17, 15) is 8.42 Å². The van der Waals surface area contributed by atoms with Crippen LogP contribution in [0.15, 0.2) is 12.7 Å². The van der Waals surface area contributed by atoms with Crippen LogP contribution in [0.2, 0.25) is 0 Å². The zero-order valence-corrected chi connectivity index (χ0v) is 9.60. The Kier molecular flexibility index (Phi) is 5.33. The molecule has 0 fully saturated rings. The highest BCUT2D eigenvalue weighted by Crippen LogP contribution is 2.07. The molecule has 0 saturated heterocycles.